The van der Waals surface area contributed by atoms with Crippen molar-refractivity contribution in [1.29, 1.82) is 0 Å². The van der Waals surface area contributed by atoms with Gasteiger partial charge in [-0.2, -0.15) is 0 Å². The van der Waals surface area contributed by atoms with Gasteiger partial charge < -0.3 is 30.4 Å². The number of fused-ring (bicyclic) bond motifs is 1. The Morgan fingerprint density at radius 2 is 1.97 bits per heavy atom. The summed E-state index contributed by atoms with van der Waals surface area (Å²) in [5.41, 5.74) is 5.78. The summed E-state index contributed by atoms with van der Waals surface area (Å²) in [4.78, 5) is 39.8. The number of para-hydroxylation sites is 1. The number of ether oxygens (including phenoxy) is 1. The van der Waals surface area contributed by atoms with Crippen LogP contribution in [0.25, 0.3) is 21.6 Å². The van der Waals surface area contributed by atoms with Crippen LogP contribution in [-0.4, -0.2) is 47.7 Å². The molecule has 0 radical (unpaired) electrons. The minimum atomic E-state index is -0.767. The monoisotopic (exact) mass is 484 g/mol. The van der Waals surface area contributed by atoms with E-state index in [2.05, 4.69) is 10.6 Å². The van der Waals surface area contributed by atoms with Crippen LogP contribution in [0.1, 0.15) is 43.3 Å². The molecular formula is C24H28N4O5S. The molecule has 0 bridgehead atoms. The van der Waals surface area contributed by atoms with E-state index in [0.717, 1.165) is 23.8 Å². The summed E-state index contributed by atoms with van der Waals surface area (Å²) in [5, 5.41) is 6.45. The quantitative estimate of drug-likeness (QED) is 0.491. The third-order valence-electron chi connectivity index (χ3n) is 5.27. The maximum atomic E-state index is 13.2. The Labute approximate surface area is 201 Å². The minimum Gasteiger partial charge on any atom is -0.455 e. The number of amides is 4. The SMILES string of the molecule is CC(C)(C)OC(=O)N1CCC[C@H](NC(=O)c2sc(-c3cc4ccccc4o3)cc2NC(N)=O)C1. The molecule has 1 saturated heterocycles. The molecule has 9 nitrogen and oxygen atoms in total. The predicted octanol–water partition coefficient (Wildman–Crippen LogP) is 4.78. The number of hydrogen-bond acceptors (Lipinski definition) is 6. The second-order valence-electron chi connectivity index (χ2n) is 9.23. The van der Waals surface area contributed by atoms with Gasteiger partial charge in [0.05, 0.1) is 10.6 Å². The van der Waals surface area contributed by atoms with E-state index in [9.17, 15) is 14.4 Å². The van der Waals surface area contributed by atoms with Gasteiger partial charge in [-0.05, 0) is 51.8 Å². The summed E-state index contributed by atoms with van der Waals surface area (Å²) < 4.78 is 11.4. The lowest BCUT2D eigenvalue weighted by Crippen LogP contribution is -2.50. The molecule has 4 rings (SSSR count). The van der Waals surface area contributed by atoms with Crippen LogP contribution < -0.4 is 16.4 Å². The van der Waals surface area contributed by atoms with Gasteiger partial charge >= 0.3 is 12.1 Å². The molecule has 4 amide bonds. The van der Waals surface area contributed by atoms with E-state index in [-0.39, 0.29) is 11.9 Å². The number of benzene rings is 1. The highest BCUT2D eigenvalue weighted by Gasteiger charge is 2.29. The fourth-order valence-electron chi connectivity index (χ4n) is 3.85. The van der Waals surface area contributed by atoms with Crippen molar-refractivity contribution >= 4 is 46.0 Å². The Kier molecular flexibility index (Phi) is 6.52. The Hall–Kier alpha value is -3.53. The fourth-order valence-corrected chi connectivity index (χ4v) is 4.82. The van der Waals surface area contributed by atoms with Crippen molar-refractivity contribution in [3.8, 4) is 10.6 Å². The van der Waals surface area contributed by atoms with Crippen LogP contribution in [0.3, 0.4) is 0 Å². The maximum Gasteiger partial charge on any atom is 0.410 e. The molecule has 34 heavy (non-hydrogen) atoms. The van der Waals surface area contributed by atoms with Crippen LogP contribution in [-0.2, 0) is 4.74 Å². The molecule has 10 heteroatoms. The van der Waals surface area contributed by atoms with Crippen LogP contribution >= 0.6 is 11.3 Å². The number of hydrogen-bond donors (Lipinski definition) is 3. The largest absolute Gasteiger partial charge is 0.455 e. The van der Waals surface area contributed by atoms with Crippen molar-refractivity contribution < 1.29 is 23.5 Å². The number of nitrogens with one attached hydrogen (secondary N) is 2. The van der Waals surface area contributed by atoms with Crippen molar-refractivity contribution in [3.63, 3.8) is 0 Å². The van der Waals surface area contributed by atoms with Crippen molar-refractivity contribution in [3.05, 3.63) is 41.3 Å². The highest BCUT2D eigenvalue weighted by atomic mass is 32.1. The van der Waals surface area contributed by atoms with E-state index in [1.165, 1.54) is 11.3 Å². The molecule has 2 aromatic heterocycles. The number of anilines is 1. The first-order chi connectivity index (χ1) is 16.1. The van der Waals surface area contributed by atoms with Crippen molar-refractivity contribution in [2.45, 2.75) is 45.3 Å². The number of carbonyl (C=O) groups excluding carboxylic acids is 3. The summed E-state index contributed by atoms with van der Waals surface area (Å²) in [6, 6.07) is 10.2. The van der Waals surface area contributed by atoms with E-state index < -0.39 is 17.7 Å². The first kappa shape index (κ1) is 23.6. The molecule has 180 valence electrons. The van der Waals surface area contributed by atoms with Crippen LogP contribution in [0.15, 0.2) is 40.8 Å². The zero-order valence-corrected chi connectivity index (χ0v) is 20.2. The van der Waals surface area contributed by atoms with Gasteiger partial charge in [-0.1, -0.05) is 18.2 Å². The van der Waals surface area contributed by atoms with Crippen molar-refractivity contribution in [2.24, 2.45) is 5.73 Å². The van der Waals surface area contributed by atoms with Gasteiger partial charge in [-0.3, -0.25) is 4.79 Å². The standard InChI is InChI=1S/C24H28N4O5S/c1-24(2,3)33-23(31)28-10-6-8-15(13-28)26-21(29)20-16(27-22(25)30)12-19(34-20)18-11-14-7-4-5-9-17(14)32-18/h4-5,7,9,11-12,15H,6,8,10,13H2,1-3H3,(H,26,29)(H3,25,27,30)/t15-/m0/s1. The highest BCUT2D eigenvalue weighted by molar-refractivity contribution is 7.18. The highest BCUT2D eigenvalue weighted by Crippen LogP contribution is 2.37. The van der Waals surface area contributed by atoms with Gasteiger partial charge in [-0.25, -0.2) is 9.59 Å². The third kappa shape index (κ3) is 5.51. The Balaban J connectivity index is 1.52. The summed E-state index contributed by atoms with van der Waals surface area (Å²) in [6.07, 6.45) is 1.07. The summed E-state index contributed by atoms with van der Waals surface area (Å²) in [7, 11) is 0. The lowest BCUT2D eigenvalue weighted by Gasteiger charge is -2.34. The number of nitrogens with two attached hydrogens (primary N) is 1. The first-order valence-corrected chi connectivity index (χ1v) is 11.9. The molecule has 4 N–H and O–H groups in total. The zero-order valence-electron chi connectivity index (χ0n) is 19.3. The molecule has 1 aliphatic rings. The normalized spacial score (nSPS) is 16.3. The molecule has 1 aromatic carbocycles. The van der Waals surface area contributed by atoms with Crippen molar-refractivity contribution in [1.82, 2.24) is 10.2 Å². The fraction of sp³-hybridized carbons (Fsp3) is 0.375. The van der Waals surface area contributed by atoms with Crippen LogP contribution in [0.5, 0.6) is 0 Å². The predicted molar refractivity (Wildman–Crippen MR) is 131 cm³/mol. The first-order valence-electron chi connectivity index (χ1n) is 11.1. The van der Waals surface area contributed by atoms with E-state index in [0.29, 0.717) is 34.3 Å². The molecule has 1 fully saturated rings. The lowest BCUT2D eigenvalue weighted by atomic mass is 10.1. The van der Waals surface area contributed by atoms with E-state index in [4.69, 9.17) is 14.9 Å². The number of likely N-dealkylation sites (tertiary alicyclic amines) is 1. The van der Waals surface area contributed by atoms with E-state index in [1.54, 1.807) is 11.0 Å². The number of furan rings is 1. The molecule has 1 aliphatic heterocycles. The Morgan fingerprint density at radius 1 is 1.21 bits per heavy atom. The molecule has 1 atom stereocenters. The third-order valence-corrected chi connectivity index (χ3v) is 6.42. The number of rotatable bonds is 4. The summed E-state index contributed by atoms with van der Waals surface area (Å²) >= 11 is 1.20. The molecule has 0 saturated carbocycles. The number of nitrogens with zero attached hydrogens (tertiary/aromatic N) is 1. The maximum absolute atomic E-state index is 13.2. The zero-order chi connectivity index (χ0) is 24.5. The van der Waals surface area contributed by atoms with Gasteiger partial charge in [0.1, 0.15) is 21.8 Å². The summed E-state index contributed by atoms with van der Waals surface area (Å²) in [5.74, 6) is 0.235. The number of thiophene rings is 1. The Morgan fingerprint density at radius 3 is 2.68 bits per heavy atom. The Bertz CT molecular complexity index is 1190. The van der Waals surface area contributed by atoms with Gasteiger partial charge in [0.2, 0.25) is 0 Å². The van der Waals surface area contributed by atoms with Gasteiger partial charge in [-0.15, -0.1) is 11.3 Å². The average molecular weight is 485 g/mol. The van der Waals surface area contributed by atoms with Crippen LogP contribution in [0.4, 0.5) is 15.3 Å². The van der Waals surface area contributed by atoms with Gasteiger partial charge in [0, 0.05) is 24.5 Å². The molecule has 0 aliphatic carbocycles. The number of carbonyl (C=O) groups is 3. The van der Waals surface area contributed by atoms with Crippen molar-refractivity contribution in [2.75, 3.05) is 18.4 Å². The van der Waals surface area contributed by atoms with Gasteiger partial charge in [0.15, 0.2) is 0 Å². The average Bonchev–Trinajstić information content (AvgIpc) is 3.36. The number of primary amides is 1. The smallest absolute Gasteiger partial charge is 0.410 e. The molecular weight excluding hydrogens is 456 g/mol. The minimum absolute atomic E-state index is 0.244. The second-order valence-corrected chi connectivity index (χ2v) is 10.3. The van der Waals surface area contributed by atoms with E-state index in [1.807, 2.05) is 51.1 Å². The number of urea groups is 1. The molecule has 3 heterocycles. The van der Waals surface area contributed by atoms with E-state index >= 15 is 0 Å². The van der Waals surface area contributed by atoms with Crippen LogP contribution in [0.2, 0.25) is 0 Å². The van der Waals surface area contributed by atoms with Gasteiger partial charge in [0.25, 0.3) is 5.91 Å². The van der Waals surface area contributed by atoms with Crippen LogP contribution in [0, 0.1) is 0 Å². The summed E-state index contributed by atoms with van der Waals surface area (Å²) in [6.45, 7) is 6.37. The lowest BCUT2D eigenvalue weighted by molar-refractivity contribution is 0.0185. The molecule has 0 spiro atoms. The number of piperidine rings is 1. The molecule has 0 unspecified atom stereocenters. The molecule has 3 aromatic rings. The topological polar surface area (TPSA) is 127 Å². The second kappa shape index (κ2) is 9.38.